The van der Waals surface area contributed by atoms with E-state index in [1.54, 1.807) is 25.1 Å². The minimum absolute atomic E-state index is 0.116. The minimum atomic E-state index is -0.526. The molecule has 4 rings (SSSR count). The van der Waals surface area contributed by atoms with E-state index in [0.29, 0.717) is 27.4 Å². The van der Waals surface area contributed by atoms with Crippen LogP contribution >= 0.6 is 23.2 Å². The largest absolute Gasteiger partial charge is 0.349 e. The Kier molecular flexibility index (Phi) is 4.29. The Morgan fingerprint density at radius 2 is 2.04 bits per heavy atom. The molecule has 2 heterocycles. The first kappa shape index (κ1) is 17.4. The van der Waals surface area contributed by atoms with Crippen LogP contribution in [-0.2, 0) is 0 Å². The topological polar surface area (TPSA) is 88.5 Å². The van der Waals surface area contributed by atoms with E-state index >= 15 is 0 Å². The van der Waals surface area contributed by atoms with Crippen molar-refractivity contribution in [3.05, 3.63) is 63.8 Å². The molecule has 0 unspecified atom stereocenters. The number of halogens is 3. The monoisotopic (exact) mass is 404 g/mol. The number of aryl methyl sites for hydroxylation is 1. The van der Waals surface area contributed by atoms with Gasteiger partial charge in [0.25, 0.3) is 5.91 Å². The van der Waals surface area contributed by atoms with Crippen LogP contribution in [0.3, 0.4) is 0 Å². The predicted octanol–water partition coefficient (Wildman–Crippen LogP) is 4.15. The third kappa shape index (κ3) is 3.13. The molecule has 2 N–H and O–H groups in total. The first-order chi connectivity index (χ1) is 12.9. The number of nitrogens with zero attached hydrogens (tertiary/aromatic N) is 4. The van der Waals surface area contributed by atoms with Crippen LogP contribution in [0.15, 0.2) is 36.4 Å². The number of anilines is 1. The van der Waals surface area contributed by atoms with Gasteiger partial charge in [0.05, 0.1) is 5.02 Å². The average Bonchev–Trinajstić information content (AvgIpc) is 3.20. The van der Waals surface area contributed by atoms with Gasteiger partial charge in [0, 0.05) is 21.6 Å². The number of aromatic amines is 1. The third-order valence-electron chi connectivity index (χ3n) is 3.98. The smallest absolute Gasteiger partial charge is 0.273 e. The van der Waals surface area contributed by atoms with Crippen molar-refractivity contribution in [2.75, 3.05) is 5.32 Å². The average molecular weight is 405 g/mol. The Hall–Kier alpha value is -2.97. The SMILES string of the molecule is Cc1nnnn1-c1cc(NC(=O)c2[nH]c3ccc(Cl)cc3c2Cl)ccc1F. The second kappa shape index (κ2) is 6.64. The summed E-state index contributed by atoms with van der Waals surface area (Å²) in [6, 6.07) is 9.19. The van der Waals surface area contributed by atoms with E-state index in [0.717, 1.165) is 0 Å². The summed E-state index contributed by atoms with van der Waals surface area (Å²) in [5.41, 5.74) is 1.33. The maximum atomic E-state index is 14.1. The van der Waals surface area contributed by atoms with Gasteiger partial charge in [0.15, 0.2) is 5.82 Å². The summed E-state index contributed by atoms with van der Waals surface area (Å²) in [6.45, 7) is 1.64. The molecule has 136 valence electrons. The highest BCUT2D eigenvalue weighted by Crippen LogP contribution is 2.30. The van der Waals surface area contributed by atoms with Crippen molar-refractivity contribution in [3.8, 4) is 5.69 Å². The number of fused-ring (bicyclic) bond motifs is 1. The molecule has 0 radical (unpaired) electrons. The number of aromatic nitrogens is 5. The normalized spacial score (nSPS) is 11.1. The summed E-state index contributed by atoms with van der Waals surface area (Å²) >= 11 is 12.3. The van der Waals surface area contributed by atoms with Crippen molar-refractivity contribution >= 4 is 45.7 Å². The summed E-state index contributed by atoms with van der Waals surface area (Å²) in [5.74, 6) is -0.590. The lowest BCUT2D eigenvalue weighted by molar-refractivity contribution is 0.102. The van der Waals surface area contributed by atoms with Gasteiger partial charge >= 0.3 is 0 Å². The van der Waals surface area contributed by atoms with Crippen LogP contribution in [0.5, 0.6) is 0 Å². The van der Waals surface area contributed by atoms with Gasteiger partial charge in [0.1, 0.15) is 17.2 Å². The molecule has 0 saturated heterocycles. The molecule has 0 fully saturated rings. The van der Waals surface area contributed by atoms with E-state index in [2.05, 4.69) is 25.8 Å². The fourth-order valence-corrected chi connectivity index (χ4v) is 3.15. The van der Waals surface area contributed by atoms with Gasteiger partial charge in [0.2, 0.25) is 0 Å². The first-order valence-corrected chi connectivity index (χ1v) is 8.52. The van der Waals surface area contributed by atoms with E-state index in [1.807, 2.05) is 0 Å². The number of H-pyrrole nitrogens is 1. The second-order valence-electron chi connectivity index (χ2n) is 5.76. The van der Waals surface area contributed by atoms with Crippen molar-refractivity contribution in [1.82, 2.24) is 25.2 Å². The molecule has 0 bridgehead atoms. The number of carbonyl (C=O) groups is 1. The van der Waals surface area contributed by atoms with Crippen molar-refractivity contribution in [1.29, 1.82) is 0 Å². The molecule has 27 heavy (non-hydrogen) atoms. The number of amides is 1. The lowest BCUT2D eigenvalue weighted by Gasteiger charge is -2.08. The Balaban J connectivity index is 1.68. The van der Waals surface area contributed by atoms with Crippen LogP contribution in [0.25, 0.3) is 16.6 Å². The first-order valence-electron chi connectivity index (χ1n) is 7.77. The lowest BCUT2D eigenvalue weighted by Crippen LogP contribution is -2.13. The summed E-state index contributed by atoms with van der Waals surface area (Å²) in [4.78, 5) is 15.6. The molecule has 1 amide bonds. The molecular weight excluding hydrogens is 394 g/mol. The van der Waals surface area contributed by atoms with E-state index < -0.39 is 11.7 Å². The van der Waals surface area contributed by atoms with Crippen molar-refractivity contribution < 1.29 is 9.18 Å². The summed E-state index contributed by atoms with van der Waals surface area (Å²) in [5, 5.41) is 15.1. The van der Waals surface area contributed by atoms with E-state index in [1.165, 1.54) is 22.9 Å². The molecule has 0 aliphatic heterocycles. The Morgan fingerprint density at radius 1 is 1.22 bits per heavy atom. The highest BCUT2D eigenvalue weighted by Gasteiger charge is 2.18. The fourth-order valence-electron chi connectivity index (χ4n) is 2.69. The third-order valence-corrected chi connectivity index (χ3v) is 4.61. The number of rotatable bonds is 3. The van der Waals surface area contributed by atoms with Crippen LogP contribution in [0.2, 0.25) is 10.0 Å². The maximum absolute atomic E-state index is 14.1. The number of benzene rings is 2. The molecular formula is C17H11Cl2FN6O. The highest BCUT2D eigenvalue weighted by molar-refractivity contribution is 6.40. The molecule has 0 aliphatic carbocycles. The summed E-state index contributed by atoms with van der Waals surface area (Å²) in [6.07, 6.45) is 0. The van der Waals surface area contributed by atoms with E-state index in [9.17, 15) is 9.18 Å². The minimum Gasteiger partial charge on any atom is -0.349 e. The molecule has 2 aromatic heterocycles. The van der Waals surface area contributed by atoms with Gasteiger partial charge in [-0.15, -0.1) is 5.10 Å². The molecule has 10 heteroatoms. The molecule has 7 nitrogen and oxygen atoms in total. The number of nitrogens with one attached hydrogen (secondary N) is 2. The maximum Gasteiger partial charge on any atom is 0.273 e. The van der Waals surface area contributed by atoms with Crippen molar-refractivity contribution in [2.24, 2.45) is 0 Å². The Morgan fingerprint density at radius 3 is 2.78 bits per heavy atom. The van der Waals surface area contributed by atoms with Crippen LogP contribution in [0.4, 0.5) is 10.1 Å². The number of hydrogen-bond donors (Lipinski definition) is 2. The molecule has 0 atom stereocenters. The van der Waals surface area contributed by atoms with Crippen LogP contribution in [-0.4, -0.2) is 31.1 Å². The van der Waals surface area contributed by atoms with E-state index in [4.69, 9.17) is 23.2 Å². The van der Waals surface area contributed by atoms with Gasteiger partial charge in [-0.2, -0.15) is 4.68 Å². The van der Waals surface area contributed by atoms with E-state index in [-0.39, 0.29) is 16.4 Å². The zero-order chi connectivity index (χ0) is 19.1. The van der Waals surface area contributed by atoms with Gasteiger partial charge < -0.3 is 10.3 Å². The second-order valence-corrected chi connectivity index (χ2v) is 6.58. The van der Waals surface area contributed by atoms with Crippen molar-refractivity contribution in [2.45, 2.75) is 6.92 Å². The molecule has 4 aromatic rings. The van der Waals surface area contributed by atoms with Crippen LogP contribution in [0, 0.1) is 12.7 Å². The van der Waals surface area contributed by atoms with Gasteiger partial charge in [-0.05, 0) is 53.7 Å². The van der Waals surface area contributed by atoms with Gasteiger partial charge in [-0.3, -0.25) is 4.79 Å². The summed E-state index contributed by atoms with van der Waals surface area (Å²) in [7, 11) is 0. The predicted molar refractivity (Wildman–Crippen MR) is 100 cm³/mol. The van der Waals surface area contributed by atoms with Gasteiger partial charge in [-0.25, -0.2) is 4.39 Å². The molecule has 0 saturated carbocycles. The highest BCUT2D eigenvalue weighted by atomic mass is 35.5. The number of hydrogen-bond acceptors (Lipinski definition) is 4. The summed E-state index contributed by atoms with van der Waals surface area (Å²) < 4.78 is 15.4. The van der Waals surface area contributed by atoms with Crippen molar-refractivity contribution in [3.63, 3.8) is 0 Å². The molecule has 2 aromatic carbocycles. The zero-order valence-corrected chi connectivity index (χ0v) is 15.3. The standard InChI is InChI=1S/C17H11Cl2FN6O/c1-8-23-24-25-26(8)14-7-10(3-4-12(14)20)21-17(27)16-15(19)11-6-9(18)2-5-13(11)22-16/h2-7,22H,1H3,(H,21,27). The molecule has 0 aliphatic rings. The number of tetrazole rings is 1. The Labute approximate surface area is 162 Å². The van der Waals surface area contributed by atoms with Crippen LogP contribution < -0.4 is 5.32 Å². The van der Waals surface area contributed by atoms with Gasteiger partial charge in [-0.1, -0.05) is 23.2 Å². The lowest BCUT2D eigenvalue weighted by atomic mass is 10.2. The fraction of sp³-hybridized carbons (Fsp3) is 0.0588. The Bertz CT molecular complexity index is 1190. The van der Waals surface area contributed by atoms with Crippen LogP contribution in [0.1, 0.15) is 16.3 Å². The zero-order valence-electron chi connectivity index (χ0n) is 13.8. The number of carbonyl (C=O) groups excluding carboxylic acids is 1. The quantitative estimate of drug-likeness (QED) is 0.536. The molecule has 0 spiro atoms.